The smallest absolute Gasteiger partial charge is 0.220 e. The zero-order valence-electron chi connectivity index (χ0n) is 9.25. The number of rotatable bonds is 7. The number of carbonyl (C=O) groups excluding carboxylic acids is 1. The molecule has 2 unspecified atom stereocenters. The summed E-state index contributed by atoms with van der Waals surface area (Å²) >= 11 is 1.82. The lowest BCUT2D eigenvalue weighted by atomic mass is 10.2. The average molecular weight is 219 g/mol. The van der Waals surface area contributed by atoms with Crippen molar-refractivity contribution in [2.45, 2.75) is 45.8 Å². The molecule has 0 spiro atoms. The predicted octanol–water partition coefficient (Wildman–Crippen LogP) is 1.41. The topological polar surface area (TPSA) is 49.3 Å². The molecule has 0 saturated carbocycles. The van der Waals surface area contributed by atoms with Crippen molar-refractivity contribution >= 4 is 17.7 Å². The summed E-state index contributed by atoms with van der Waals surface area (Å²) in [6.07, 6.45) is 0.569. The minimum Gasteiger partial charge on any atom is -0.393 e. The number of aliphatic hydroxyl groups excluding tert-OH is 1. The third-order valence-electron chi connectivity index (χ3n) is 1.77. The lowest BCUT2D eigenvalue weighted by Gasteiger charge is -2.13. The van der Waals surface area contributed by atoms with Gasteiger partial charge in [-0.2, -0.15) is 11.8 Å². The Balaban J connectivity index is 3.50. The van der Waals surface area contributed by atoms with E-state index in [-0.39, 0.29) is 18.1 Å². The number of carbonyl (C=O) groups is 1. The number of nitrogens with one attached hydrogen (secondary N) is 1. The third kappa shape index (κ3) is 8.38. The lowest BCUT2D eigenvalue weighted by Crippen LogP contribution is -2.34. The fourth-order valence-corrected chi connectivity index (χ4v) is 1.70. The summed E-state index contributed by atoms with van der Waals surface area (Å²) in [5, 5.41) is 11.9. The Morgan fingerprint density at radius 1 is 1.50 bits per heavy atom. The first kappa shape index (κ1) is 13.8. The highest BCUT2D eigenvalue weighted by atomic mass is 32.2. The van der Waals surface area contributed by atoms with E-state index in [1.165, 1.54) is 0 Å². The van der Waals surface area contributed by atoms with Crippen LogP contribution in [0.4, 0.5) is 0 Å². The Bertz CT molecular complexity index is 162. The molecule has 4 heteroatoms. The molecule has 2 atom stereocenters. The molecule has 0 bridgehead atoms. The van der Waals surface area contributed by atoms with E-state index in [1.807, 2.05) is 18.7 Å². The van der Waals surface area contributed by atoms with Gasteiger partial charge < -0.3 is 10.4 Å². The molecule has 0 aliphatic heterocycles. The summed E-state index contributed by atoms with van der Waals surface area (Å²) in [4.78, 5) is 11.3. The highest BCUT2D eigenvalue weighted by molar-refractivity contribution is 7.99. The second-order valence-electron chi connectivity index (χ2n) is 3.52. The summed E-state index contributed by atoms with van der Waals surface area (Å²) in [5.74, 6) is 2.07. The number of aliphatic hydroxyl groups is 1. The van der Waals surface area contributed by atoms with Crippen molar-refractivity contribution in [1.29, 1.82) is 0 Å². The second kappa shape index (κ2) is 8.12. The Hall–Kier alpha value is -0.220. The van der Waals surface area contributed by atoms with Crippen LogP contribution in [-0.4, -0.2) is 34.7 Å². The molecule has 0 fully saturated rings. The average Bonchev–Trinajstić information content (AvgIpc) is 2.11. The van der Waals surface area contributed by atoms with Gasteiger partial charge in [-0.15, -0.1) is 0 Å². The lowest BCUT2D eigenvalue weighted by molar-refractivity contribution is -0.122. The highest BCUT2D eigenvalue weighted by Crippen LogP contribution is 2.02. The minimum atomic E-state index is -0.388. The van der Waals surface area contributed by atoms with E-state index in [9.17, 15) is 4.79 Å². The first-order chi connectivity index (χ1) is 6.56. The van der Waals surface area contributed by atoms with Gasteiger partial charge in [0, 0.05) is 18.2 Å². The molecule has 0 aliphatic carbocycles. The SMILES string of the molecule is CCSCC(C)NC(=O)CCC(C)O. The largest absolute Gasteiger partial charge is 0.393 e. The molecule has 0 aliphatic rings. The maximum Gasteiger partial charge on any atom is 0.220 e. The summed E-state index contributed by atoms with van der Waals surface area (Å²) in [7, 11) is 0. The van der Waals surface area contributed by atoms with E-state index >= 15 is 0 Å². The normalized spacial score (nSPS) is 14.9. The van der Waals surface area contributed by atoms with Crippen LogP contribution in [-0.2, 0) is 4.79 Å². The monoisotopic (exact) mass is 219 g/mol. The molecule has 84 valence electrons. The molecule has 0 radical (unpaired) electrons. The van der Waals surface area contributed by atoms with Gasteiger partial charge in [0.1, 0.15) is 0 Å². The molecule has 3 nitrogen and oxygen atoms in total. The fourth-order valence-electron chi connectivity index (χ4n) is 1.02. The minimum absolute atomic E-state index is 0.0371. The Morgan fingerprint density at radius 3 is 2.64 bits per heavy atom. The molecule has 0 heterocycles. The van der Waals surface area contributed by atoms with Crippen LogP contribution in [0.15, 0.2) is 0 Å². The molecule has 0 saturated heterocycles. The molecule has 0 rings (SSSR count). The van der Waals surface area contributed by atoms with E-state index in [1.54, 1.807) is 6.92 Å². The highest BCUT2D eigenvalue weighted by Gasteiger charge is 2.07. The Morgan fingerprint density at radius 2 is 2.14 bits per heavy atom. The molecular weight excluding hydrogens is 198 g/mol. The van der Waals surface area contributed by atoms with Crippen molar-refractivity contribution < 1.29 is 9.90 Å². The van der Waals surface area contributed by atoms with Crippen molar-refractivity contribution in [3.63, 3.8) is 0 Å². The number of hydrogen-bond acceptors (Lipinski definition) is 3. The van der Waals surface area contributed by atoms with Crippen LogP contribution in [0.1, 0.15) is 33.6 Å². The zero-order valence-corrected chi connectivity index (χ0v) is 10.1. The van der Waals surface area contributed by atoms with Gasteiger partial charge in [0.05, 0.1) is 6.10 Å². The van der Waals surface area contributed by atoms with Crippen molar-refractivity contribution in [1.82, 2.24) is 5.32 Å². The van der Waals surface area contributed by atoms with Crippen LogP contribution in [0.2, 0.25) is 0 Å². The number of amides is 1. The van der Waals surface area contributed by atoms with E-state index in [2.05, 4.69) is 12.2 Å². The predicted molar refractivity (Wildman–Crippen MR) is 61.5 cm³/mol. The standard InChI is InChI=1S/C10H21NO2S/c1-4-14-7-8(2)11-10(13)6-5-9(3)12/h8-9,12H,4-7H2,1-3H3,(H,11,13). The van der Waals surface area contributed by atoms with Crippen LogP contribution < -0.4 is 5.32 Å². The summed E-state index contributed by atoms with van der Waals surface area (Å²) < 4.78 is 0. The molecule has 0 aromatic rings. The van der Waals surface area contributed by atoms with Gasteiger partial charge in [0.25, 0.3) is 0 Å². The number of hydrogen-bond donors (Lipinski definition) is 2. The zero-order chi connectivity index (χ0) is 11.0. The number of thioether (sulfide) groups is 1. The van der Waals surface area contributed by atoms with Gasteiger partial charge in [-0.25, -0.2) is 0 Å². The molecule has 0 aromatic carbocycles. The van der Waals surface area contributed by atoms with Crippen molar-refractivity contribution in [2.24, 2.45) is 0 Å². The van der Waals surface area contributed by atoms with E-state index in [0.717, 1.165) is 11.5 Å². The molecule has 14 heavy (non-hydrogen) atoms. The first-order valence-electron chi connectivity index (χ1n) is 5.11. The first-order valence-corrected chi connectivity index (χ1v) is 6.26. The van der Waals surface area contributed by atoms with Gasteiger partial charge in [0.2, 0.25) is 5.91 Å². The van der Waals surface area contributed by atoms with Gasteiger partial charge in [-0.1, -0.05) is 6.92 Å². The van der Waals surface area contributed by atoms with Crippen LogP contribution in [0.3, 0.4) is 0 Å². The van der Waals surface area contributed by atoms with Gasteiger partial charge in [-0.3, -0.25) is 4.79 Å². The van der Waals surface area contributed by atoms with Crippen LogP contribution in [0.25, 0.3) is 0 Å². The fraction of sp³-hybridized carbons (Fsp3) is 0.900. The van der Waals surface area contributed by atoms with Crippen molar-refractivity contribution in [3.8, 4) is 0 Å². The van der Waals surface area contributed by atoms with Crippen molar-refractivity contribution in [3.05, 3.63) is 0 Å². The summed E-state index contributed by atoms with van der Waals surface area (Å²) in [5.41, 5.74) is 0. The second-order valence-corrected chi connectivity index (χ2v) is 4.83. The molecule has 0 aromatic heterocycles. The Labute approximate surface area is 90.7 Å². The van der Waals surface area contributed by atoms with Gasteiger partial charge in [0.15, 0.2) is 0 Å². The maximum absolute atomic E-state index is 11.3. The van der Waals surface area contributed by atoms with E-state index < -0.39 is 0 Å². The quantitative estimate of drug-likeness (QED) is 0.680. The van der Waals surface area contributed by atoms with Crippen molar-refractivity contribution in [2.75, 3.05) is 11.5 Å². The maximum atomic E-state index is 11.3. The van der Waals surface area contributed by atoms with Crippen LogP contribution in [0, 0.1) is 0 Å². The van der Waals surface area contributed by atoms with Crippen LogP contribution in [0.5, 0.6) is 0 Å². The van der Waals surface area contributed by atoms with E-state index in [4.69, 9.17) is 5.11 Å². The van der Waals surface area contributed by atoms with Crippen LogP contribution >= 0.6 is 11.8 Å². The van der Waals surface area contributed by atoms with Gasteiger partial charge in [-0.05, 0) is 26.0 Å². The molecule has 2 N–H and O–H groups in total. The Kier molecular flexibility index (Phi) is 7.99. The van der Waals surface area contributed by atoms with E-state index in [0.29, 0.717) is 12.8 Å². The summed E-state index contributed by atoms with van der Waals surface area (Å²) in [6, 6.07) is 0.224. The molecular formula is C10H21NO2S. The summed E-state index contributed by atoms with van der Waals surface area (Å²) in [6.45, 7) is 5.80. The molecule has 1 amide bonds. The van der Waals surface area contributed by atoms with Gasteiger partial charge >= 0.3 is 0 Å². The third-order valence-corrected chi connectivity index (χ3v) is 2.91.